The Kier molecular flexibility index (Phi) is 3.84. The van der Waals surface area contributed by atoms with Gasteiger partial charge in [-0.2, -0.15) is 0 Å². The van der Waals surface area contributed by atoms with Gasteiger partial charge in [0.25, 0.3) is 0 Å². The van der Waals surface area contributed by atoms with Gasteiger partial charge in [-0.3, -0.25) is 14.9 Å². The summed E-state index contributed by atoms with van der Waals surface area (Å²) in [6.07, 6.45) is -0.0127. The highest BCUT2D eigenvalue weighted by Gasteiger charge is 2.35. The quantitative estimate of drug-likeness (QED) is 0.487. The van der Waals surface area contributed by atoms with Crippen molar-refractivity contribution in [1.29, 1.82) is 0 Å². The zero-order chi connectivity index (χ0) is 15.1. The summed E-state index contributed by atoms with van der Waals surface area (Å²) in [4.78, 5) is 24.6. The van der Waals surface area contributed by atoms with Crippen LogP contribution in [-0.2, 0) is 4.74 Å². The van der Waals surface area contributed by atoms with Crippen molar-refractivity contribution in [1.82, 2.24) is 0 Å². The standard InChI is InChI=1S/C13H18N2O4S/c1-8-6-14(7-13(3,4)19-8)12-10(15(17)18)5-11(20-12)9(2)16/h5,8H,6-7H2,1-4H3. The van der Waals surface area contributed by atoms with Crippen LogP contribution in [-0.4, -0.2) is 35.5 Å². The molecule has 1 fully saturated rings. The first kappa shape index (κ1) is 14.9. The fourth-order valence-electron chi connectivity index (χ4n) is 2.51. The average molecular weight is 298 g/mol. The molecule has 7 heteroatoms. The summed E-state index contributed by atoms with van der Waals surface area (Å²) in [7, 11) is 0. The Labute approximate surface area is 121 Å². The van der Waals surface area contributed by atoms with Crippen molar-refractivity contribution in [3.63, 3.8) is 0 Å². The third-order valence-corrected chi connectivity index (χ3v) is 4.38. The van der Waals surface area contributed by atoms with E-state index in [-0.39, 0.29) is 23.2 Å². The van der Waals surface area contributed by atoms with E-state index in [1.54, 1.807) is 0 Å². The van der Waals surface area contributed by atoms with Gasteiger partial charge in [-0.25, -0.2) is 0 Å². The Morgan fingerprint density at radius 2 is 2.25 bits per heavy atom. The van der Waals surface area contributed by atoms with E-state index in [1.165, 1.54) is 24.3 Å². The molecular weight excluding hydrogens is 280 g/mol. The van der Waals surface area contributed by atoms with Gasteiger partial charge in [-0.15, -0.1) is 11.3 Å². The van der Waals surface area contributed by atoms with E-state index in [9.17, 15) is 14.9 Å². The molecule has 0 aromatic carbocycles. The maximum atomic E-state index is 11.5. The number of hydrogen-bond donors (Lipinski definition) is 0. The normalized spacial score (nSPS) is 21.8. The summed E-state index contributed by atoms with van der Waals surface area (Å²) in [5.74, 6) is -0.148. The fourth-order valence-corrected chi connectivity index (χ4v) is 3.54. The highest BCUT2D eigenvalue weighted by atomic mass is 32.1. The molecule has 0 radical (unpaired) electrons. The van der Waals surface area contributed by atoms with Crippen LogP contribution in [0.2, 0.25) is 0 Å². The molecule has 0 bridgehead atoms. The van der Waals surface area contributed by atoms with Gasteiger partial charge >= 0.3 is 5.69 Å². The molecule has 1 aromatic rings. The number of nitro groups is 1. The molecule has 110 valence electrons. The van der Waals surface area contributed by atoms with Crippen LogP contribution in [0.25, 0.3) is 0 Å². The Morgan fingerprint density at radius 1 is 1.60 bits per heavy atom. The number of nitrogens with zero attached hydrogens (tertiary/aromatic N) is 2. The van der Waals surface area contributed by atoms with Crippen LogP contribution in [0.15, 0.2) is 6.07 Å². The molecule has 0 N–H and O–H groups in total. The fraction of sp³-hybridized carbons (Fsp3) is 0.615. The molecule has 1 unspecified atom stereocenters. The molecule has 0 amide bonds. The number of thiophene rings is 1. The van der Waals surface area contributed by atoms with Crippen molar-refractivity contribution < 1.29 is 14.5 Å². The maximum absolute atomic E-state index is 11.5. The maximum Gasteiger partial charge on any atom is 0.304 e. The van der Waals surface area contributed by atoms with Crippen LogP contribution in [0, 0.1) is 10.1 Å². The third-order valence-electron chi connectivity index (χ3n) is 3.09. The first-order valence-electron chi connectivity index (χ1n) is 6.41. The van der Waals surface area contributed by atoms with Gasteiger partial charge < -0.3 is 9.64 Å². The average Bonchev–Trinajstić information content (AvgIpc) is 2.70. The Hall–Kier alpha value is -1.47. The highest BCUT2D eigenvalue weighted by Crippen LogP contribution is 2.40. The van der Waals surface area contributed by atoms with Gasteiger partial charge in [0.2, 0.25) is 0 Å². The predicted molar refractivity (Wildman–Crippen MR) is 77.8 cm³/mol. The van der Waals surface area contributed by atoms with Gasteiger partial charge in [0, 0.05) is 19.2 Å². The van der Waals surface area contributed by atoms with E-state index in [2.05, 4.69) is 0 Å². The Balaban J connectivity index is 2.40. The van der Waals surface area contributed by atoms with Gasteiger partial charge in [-0.1, -0.05) is 0 Å². The lowest BCUT2D eigenvalue weighted by Gasteiger charge is -2.41. The number of ether oxygens (including phenoxy) is 1. The Morgan fingerprint density at radius 3 is 2.75 bits per heavy atom. The highest BCUT2D eigenvalue weighted by molar-refractivity contribution is 7.18. The summed E-state index contributed by atoms with van der Waals surface area (Å²) in [6.45, 7) is 8.44. The number of carbonyl (C=O) groups is 1. The summed E-state index contributed by atoms with van der Waals surface area (Å²) in [5.41, 5.74) is -0.364. The lowest BCUT2D eigenvalue weighted by molar-refractivity contribution is -0.383. The molecular formula is C13H18N2O4S. The van der Waals surface area contributed by atoms with Crippen LogP contribution in [0.1, 0.15) is 37.4 Å². The molecule has 2 rings (SSSR count). The van der Waals surface area contributed by atoms with Crippen molar-refractivity contribution in [2.75, 3.05) is 18.0 Å². The Bertz CT molecular complexity index is 553. The second-order valence-corrected chi connectivity index (χ2v) is 6.71. The van der Waals surface area contributed by atoms with Crippen molar-refractivity contribution in [3.8, 4) is 0 Å². The predicted octanol–water partition coefficient (Wildman–Crippen LogP) is 2.86. The minimum absolute atomic E-state index is 0.00472. The minimum atomic E-state index is -0.425. The van der Waals surface area contributed by atoms with E-state index in [0.717, 1.165) is 0 Å². The lowest BCUT2D eigenvalue weighted by Crippen LogP contribution is -2.51. The summed E-state index contributed by atoms with van der Waals surface area (Å²) in [5, 5.41) is 11.7. The number of carbonyl (C=O) groups excluding carboxylic acids is 1. The molecule has 1 atom stereocenters. The minimum Gasteiger partial charge on any atom is -0.369 e. The van der Waals surface area contributed by atoms with E-state index < -0.39 is 4.92 Å². The zero-order valence-electron chi connectivity index (χ0n) is 12.0. The zero-order valence-corrected chi connectivity index (χ0v) is 12.8. The number of rotatable bonds is 3. The second kappa shape index (κ2) is 5.14. The van der Waals surface area contributed by atoms with E-state index in [0.29, 0.717) is 23.0 Å². The monoisotopic (exact) mass is 298 g/mol. The van der Waals surface area contributed by atoms with Gasteiger partial charge in [0.05, 0.1) is 21.5 Å². The van der Waals surface area contributed by atoms with Crippen LogP contribution in [0.5, 0.6) is 0 Å². The van der Waals surface area contributed by atoms with Crippen molar-refractivity contribution in [3.05, 3.63) is 21.1 Å². The lowest BCUT2D eigenvalue weighted by atomic mass is 10.1. The molecule has 2 heterocycles. The first-order chi connectivity index (χ1) is 9.19. The molecule has 1 aliphatic heterocycles. The van der Waals surface area contributed by atoms with Gasteiger partial charge in [-0.05, 0) is 27.7 Å². The van der Waals surface area contributed by atoms with E-state index in [1.807, 2.05) is 25.7 Å². The number of ketones is 1. The van der Waals surface area contributed by atoms with Crippen molar-refractivity contribution in [2.45, 2.75) is 39.4 Å². The molecule has 0 spiro atoms. The summed E-state index contributed by atoms with van der Waals surface area (Å²) in [6, 6.07) is 1.37. The van der Waals surface area contributed by atoms with Crippen LogP contribution >= 0.6 is 11.3 Å². The van der Waals surface area contributed by atoms with Crippen LogP contribution < -0.4 is 4.90 Å². The second-order valence-electron chi connectivity index (χ2n) is 5.68. The number of morpholine rings is 1. The smallest absolute Gasteiger partial charge is 0.304 e. The number of Topliss-reactive ketones (excluding diaryl/α,β-unsaturated/α-hetero) is 1. The molecule has 1 aliphatic rings. The van der Waals surface area contributed by atoms with Crippen molar-refractivity contribution in [2.24, 2.45) is 0 Å². The SMILES string of the molecule is CC(=O)c1cc([N+](=O)[O-])c(N2CC(C)OC(C)(C)C2)s1. The number of anilines is 1. The topological polar surface area (TPSA) is 72.7 Å². The van der Waals surface area contributed by atoms with E-state index >= 15 is 0 Å². The van der Waals surface area contributed by atoms with Crippen LogP contribution in [0.3, 0.4) is 0 Å². The van der Waals surface area contributed by atoms with E-state index in [4.69, 9.17) is 4.74 Å². The molecule has 1 saturated heterocycles. The number of hydrogen-bond acceptors (Lipinski definition) is 6. The molecule has 1 aromatic heterocycles. The van der Waals surface area contributed by atoms with Gasteiger partial charge in [0.1, 0.15) is 0 Å². The first-order valence-corrected chi connectivity index (χ1v) is 7.23. The molecule has 0 aliphatic carbocycles. The summed E-state index contributed by atoms with van der Waals surface area (Å²) >= 11 is 1.18. The van der Waals surface area contributed by atoms with Crippen LogP contribution in [0.4, 0.5) is 10.7 Å². The molecule has 0 saturated carbocycles. The molecule has 6 nitrogen and oxygen atoms in total. The molecule has 20 heavy (non-hydrogen) atoms. The van der Waals surface area contributed by atoms with Gasteiger partial charge in [0.15, 0.2) is 10.8 Å². The third kappa shape index (κ3) is 2.99. The summed E-state index contributed by atoms with van der Waals surface area (Å²) < 4.78 is 5.81. The van der Waals surface area contributed by atoms with Crippen molar-refractivity contribution >= 4 is 27.8 Å². The largest absolute Gasteiger partial charge is 0.369 e.